The molecule has 0 saturated heterocycles. The van der Waals surface area contributed by atoms with Crippen molar-refractivity contribution in [1.82, 2.24) is 0 Å². The molecule has 0 heterocycles. The maximum atomic E-state index is 9.47. The molecule has 0 aromatic heterocycles. The molecule has 4 N–H and O–H groups in total. The standard InChI is InChI=1S/C3H5NO.2Ca.O4Si.H2O/c1-2-3(4)5;;;1-5(2,3)4;/h2H,1H2,(H2,4,5);;;;1H2/q;2*+2;-4;. The van der Waals surface area contributed by atoms with Crippen molar-refractivity contribution in [3.8, 4) is 0 Å². The second kappa shape index (κ2) is 16.2. The summed E-state index contributed by atoms with van der Waals surface area (Å²) in [7, 11) is -5.61. The molecule has 0 aromatic carbocycles. The normalized spacial score (nSPS) is 7.08. The minimum Gasteiger partial charge on any atom is -0.894 e. The van der Waals surface area contributed by atoms with Crippen molar-refractivity contribution in [3.05, 3.63) is 12.7 Å². The Bertz CT molecular complexity index is 122. The Hall–Kier alpha value is 1.75. The second-order valence-electron chi connectivity index (χ2n) is 1.11. The summed E-state index contributed by atoms with van der Waals surface area (Å²) < 4.78 is 0. The van der Waals surface area contributed by atoms with Crippen LogP contribution in [-0.4, -0.2) is 95.9 Å². The van der Waals surface area contributed by atoms with E-state index in [9.17, 15) is 4.79 Å². The van der Waals surface area contributed by atoms with E-state index in [2.05, 4.69) is 12.3 Å². The Morgan fingerprint density at radius 2 is 1.31 bits per heavy atom. The number of hydrogen-bond acceptors (Lipinski definition) is 5. The molecular weight excluding hydrogens is 254 g/mol. The average Bonchev–Trinajstić information content (AvgIpc) is 1.61. The van der Waals surface area contributed by atoms with Gasteiger partial charge in [-0.05, 0) is 6.08 Å². The summed E-state index contributed by atoms with van der Waals surface area (Å²) in [6, 6.07) is 0. The Kier molecular flexibility index (Phi) is 36.5. The molecular formula is C3H7Ca2NO6Si. The maximum absolute atomic E-state index is 9.47. The van der Waals surface area contributed by atoms with E-state index in [1.165, 1.54) is 0 Å². The van der Waals surface area contributed by atoms with Crippen LogP contribution in [0.25, 0.3) is 0 Å². The van der Waals surface area contributed by atoms with Gasteiger partial charge < -0.3 is 39.4 Å². The van der Waals surface area contributed by atoms with Crippen molar-refractivity contribution in [2.75, 3.05) is 0 Å². The summed E-state index contributed by atoms with van der Waals surface area (Å²) >= 11 is 0. The molecule has 0 saturated carbocycles. The topological polar surface area (TPSA) is 167 Å². The zero-order valence-corrected chi connectivity index (χ0v) is 12.2. The first-order valence-corrected chi connectivity index (χ1v) is 3.64. The van der Waals surface area contributed by atoms with Gasteiger partial charge in [0.1, 0.15) is 0 Å². The van der Waals surface area contributed by atoms with Crippen LogP contribution in [0.5, 0.6) is 0 Å². The molecule has 0 unspecified atom stereocenters. The van der Waals surface area contributed by atoms with E-state index in [1.807, 2.05) is 0 Å². The van der Waals surface area contributed by atoms with Gasteiger partial charge in [0.15, 0.2) is 0 Å². The van der Waals surface area contributed by atoms with Gasteiger partial charge in [0.2, 0.25) is 5.91 Å². The Labute approximate surface area is 136 Å². The van der Waals surface area contributed by atoms with Crippen molar-refractivity contribution < 1.29 is 29.5 Å². The first kappa shape index (κ1) is 29.3. The predicted molar refractivity (Wildman–Crippen MR) is 40.3 cm³/mol. The van der Waals surface area contributed by atoms with E-state index >= 15 is 0 Å². The third-order valence-electron chi connectivity index (χ3n) is 0.201. The molecule has 1 amide bonds. The van der Waals surface area contributed by atoms with Gasteiger partial charge >= 0.3 is 75.5 Å². The van der Waals surface area contributed by atoms with Crippen molar-refractivity contribution in [2.45, 2.75) is 0 Å². The van der Waals surface area contributed by atoms with E-state index < -0.39 is 15.0 Å². The van der Waals surface area contributed by atoms with Gasteiger partial charge in [0.25, 0.3) is 0 Å². The number of hydrogen-bond donors (Lipinski definition) is 1. The van der Waals surface area contributed by atoms with Gasteiger partial charge in [0, 0.05) is 0 Å². The summed E-state index contributed by atoms with van der Waals surface area (Å²) in [6.07, 6.45) is 1.06. The molecule has 10 heteroatoms. The van der Waals surface area contributed by atoms with Crippen molar-refractivity contribution in [3.63, 3.8) is 0 Å². The van der Waals surface area contributed by atoms with Crippen LogP contribution in [-0.2, 0) is 4.79 Å². The fraction of sp³-hybridized carbons (Fsp3) is 0. The number of primary amides is 1. The minimum absolute atomic E-state index is 0. The Morgan fingerprint density at radius 3 is 1.31 bits per heavy atom. The van der Waals surface area contributed by atoms with E-state index in [0.717, 1.165) is 6.08 Å². The number of amides is 1. The average molecular weight is 261 g/mol. The molecule has 0 aromatic rings. The van der Waals surface area contributed by atoms with Gasteiger partial charge in [-0.3, -0.25) is 4.79 Å². The van der Waals surface area contributed by atoms with Crippen molar-refractivity contribution >= 4 is 90.4 Å². The molecule has 0 aliphatic rings. The summed E-state index contributed by atoms with van der Waals surface area (Å²) in [6.45, 7) is 3.09. The zero-order chi connectivity index (χ0) is 8.78. The molecule has 7 nitrogen and oxygen atoms in total. The monoisotopic (exact) mass is 261 g/mol. The Balaban J connectivity index is -0.0000000267. The summed E-state index contributed by atoms with van der Waals surface area (Å²) in [5.41, 5.74) is 4.53. The molecule has 0 rings (SSSR count). The summed E-state index contributed by atoms with van der Waals surface area (Å²) in [5, 5.41) is 0. The Morgan fingerprint density at radius 1 is 1.23 bits per heavy atom. The molecule has 0 aliphatic heterocycles. The van der Waals surface area contributed by atoms with E-state index in [4.69, 9.17) is 19.2 Å². The fourth-order valence-corrected chi connectivity index (χ4v) is 0. The number of rotatable bonds is 1. The van der Waals surface area contributed by atoms with Crippen LogP contribution in [0.2, 0.25) is 0 Å². The molecule has 0 fully saturated rings. The molecule has 0 aliphatic carbocycles. The van der Waals surface area contributed by atoms with E-state index in [0.29, 0.717) is 0 Å². The predicted octanol–water partition coefficient (Wildman–Crippen LogP) is -7.07. The summed E-state index contributed by atoms with van der Waals surface area (Å²) in [5.74, 6) is -0.481. The van der Waals surface area contributed by atoms with Crippen LogP contribution in [0.1, 0.15) is 0 Å². The molecule has 0 spiro atoms. The molecule has 0 atom stereocenters. The summed E-state index contributed by atoms with van der Waals surface area (Å²) in [4.78, 5) is 43.8. The number of carbonyl (C=O) groups excluding carboxylic acids is 1. The van der Waals surface area contributed by atoms with E-state index in [-0.39, 0.29) is 81.0 Å². The number of nitrogens with two attached hydrogens (primary N) is 1. The van der Waals surface area contributed by atoms with Gasteiger partial charge in [-0.15, -0.1) is 0 Å². The van der Waals surface area contributed by atoms with Crippen molar-refractivity contribution in [1.29, 1.82) is 0 Å². The van der Waals surface area contributed by atoms with Crippen LogP contribution in [0.15, 0.2) is 12.7 Å². The van der Waals surface area contributed by atoms with Crippen LogP contribution in [0, 0.1) is 0 Å². The third kappa shape index (κ3) is 135. The van der Waals surface area contributed by atoms with Gasteiger partial charge in [-0.2, -0.15) is 0 Å². The first-order valence-electron chi connectivity index (χ1n) is 2.01. The molecule has 13 heavy (non-hydrogen) atoms. The SMILES string of the molecule is C=CC(N)=O.O.[Ca+2].[Ca+2].[O-][Si]([O-])([O-])[O-]. The fourth-order valence-electron chi connectivity index (χ4n) is 0. The van der Waals surface area contributed by atoms with Crippen molar-refractivity contribution in [2.24, 2.45) is 5.73 Å². The quantitative estimate of drug-likeness (QED) is 0.365. The van der Waals surface area contributed by atoms with Crippen LogP contribution >= 0.6 is 0 Å². The van der Waals surface area contributed by atoms with Crippen LogP contribution < -0.4 is 24.9 Å². The van der Waals surface area contributed by atoms with Gasteiger partial charge in [-0.25, -0.2) is 0 Å². The van der Waals surface area contributed by atoms with Crippen LogP contribution in [0.3, 0.4) is 0 Å². The first-order chi connectivity index (χ1) is 4.27. The smallest absolute Gasteiger partial charge is 0.894 e. The third-order valence-corrected chi connectivity index (χ3v) is 0.201. The maximum Gasteiger partial charge on any atom is 2.00 e. The van der Waals surface area contributed by atoms with Gasteiger partial charge in [-0.1, -0.05) is 6.58 Å². The molecule has 68 valence electrons. The van der Waals surface area contributed by atoms with Gasteiger partial charge in [0.05, 0.1) is 0 Å². The minimum atomic E-state index is -5.61. The van der Waals surface area contributed by atoms with Crippen LogP contribution in [0.4, 0.5) is 0 Å². The van der Waals surface area contributed by atoms with E-state index in [1.54, 1.807) is 0 Å². The molecule has 0 radical (unpaired) electrons. The zero-order valence-electron chi connectivity index (χ0n) is 6.82. The molecule has 0 bridgehead atoms. The number of carbonyl (C=O) groups is 1. The largest absolute Gasteiger partial charge is 2.00 e. The second-order valence-corrected chi connectivity index (χ2v) is 2.11.